The largest absolute Gasteiger partial charge is 0.478 e. The SMILES string of the molecule is Cc1c(C#N)c2nc3ccccc3n2c(=O)/c1=C/c1c(C(F)(F)F)[nH]n(-c2cccc(C(=O)O)c2)c1=O. The van der Waals surface area contributed by atoms with Gasteiger partial charge in [-0.2, -0.15) is 18.4 Å². The van der Waals surface area contributed by atoms with Crippen LogP contribution in [0.15, 0.2) is 58.1 Å². The number of carboxylic acids is 1. The third-order valence-corrected chi connectivity index (χ3v) is 5.96. The van der Waals surface area contributed by atoms with E-state index in [0.29, 0.717) is 15.7 Å². The van der Waals surface area contributed by atoms with E-state index in [1.165, 1.54) is 25.1 Å². The molecule has 0 fully saturated rings. The summed E-state index contributed by atoms with van der Waals surface area (Å²) < 4.78 is 43.6. The molecule has 0 bridgehead atoms. The Kier molecular flexibility index (Phi) is 5.22. The van der Waals surface area contributed by atoms with Crippen molar-refractivity contribution in [2.45, 2.75) is 13.1 Å². The number of rotatable bonds is 3. The predicted octanol–water partition coefficient (Wildman–Crippen LogP) is 2.77. The topological polar surface area (TPSA) is 133 Å². The zero-order valence-corrected chi connectivity index (χ0v) is 18.8. The maximum Gasteiger partial charge on any atom is 0.433 e. The average Bonchev–Trinajstić information content (AvgIpc) is 3.40. The lowest BCUT2D eigenvalue weighted by atomic mass is 10.1. The Morgan fingerprint density at radius 2 is 1.86 bits per heavy atom. The fraction of sp³-hybridized carbons (Fsp3) is 0.0800. The molecule has 0 spiro atoms. The minimum atomic E-state index is -5.03. The number of fused-ring (bicyclic) bond motifs is 3. The van der Waals surface area contributed by atoms with Crippen LogP contribution in [0, 0.1) is 18.3 Å². The minimum Gasteiger partial charge on any atom is -0.478 e. The summed E-state index contributed by atoms with van der Waals surface area (Å²) in [6.07, 6.45) is -4.23. The molecule has 0 aliphatic rings. The Morgan fingerprint density at radius 1 is 1.14 bits per heavy atom. The summed E-state index contributed by atoms with van der Waals surface area (Å²) in [7, 11) is 0. The summed E-state index contributed by atoms with van der Waals surface area (Å²) in [6, 6.07) is 13.3. The summed E-state index contributed by atoms with van der Waals surface area (Å²) in [5, 5.41) is 20.7. The molecular weight excluding hydrogens is 491 g/mol. The van der Waals surface area contributed by atoms with E-state index >= 15 is 0 Å². The standard InChI is InChI=1S/C25H14F3N5O4/c1-12-15(22(34)32-19-8-3-2-7-18(19)30-21(32)17(12)11-29)10-16-20(25(26,27)28)31-33(23(16)35)14-6-4-5-13(9-14)24(36)37/h2-10,31H,1H3,(H,36,37)/b15-10+. The number of carbonyl (C=O) groups is 1. The van der Waals surface area contributed by atoms with Crippen LogP contribution in [0.2, 0.25) is 0 Å². The van der Waals surface area contributed by atoms with Crippen molar-refractivity contribution < 1.29 is 23.1 Å². The molecule has 5 rings (SSSR count). The Bertz CT molecular complexity index is 1980. The molecule has 0 atom stereocenters. The van der Waals surface area contributed by atoms with Gasteiger partial charge in [-0.1, -0.05) is 18.2 Å². The molecule has 37 heavy (non-hydrogen) atoms. The first-order valence-electron chi connectivity index (χ1n) is 10.6. The van der Waals surface area contributed by atoms with Crippen molar-refractivity contribution in [2.75, 3.05) is 0 Å². The number of benzene rings is 2. The number of aromatic nitrogens is 4. The zero-order valence-electron chi connectivity index (χ0n) is 18.8. The van der Waals surface area contributed by atoms with Crippen LogP contribution in [0.25, 0.3) is 28.4 Å². The number of alkyl halides is 3. The smallest absolute Gasteiger partial charge is 0.433 e. The van der Waals surface area contributed by atoms with Crippen LogP contribution in [0.5, 0.6) is 0 Å². The highest BCUT2D eigenvalue weighted by Crippen LogP contribution is 2.30. The third kappa shape index (κ3) is 3.64. The Labute approximate surface area is 203 Å². The molecular formula is C25H14F3N5O4. The molecule has 9 nitrogen and oxygen atoms in total. The van der Waals surface area contributed by atoms with E-state index in [0.717, 1.165) is 16.5 Å². The van der Waals surface area contributed by atoms with E-state index in [-0.39, 0.29) is 33.2 Å². The van der Waals surface area contributed by atoms with Crippen LogP contribution in [-0.2, 0) is 6.18 Å². The number of imidazole rings is 1. The number of aromatic carboxylic acids is 1. The first kappa shape index (κ1) is 23.6. The van der Waals surface area contributed by atoms with Gasteiger partial charge >= 0.3 is 12.1 Å². The van der Waals surface area contributed by atoms with E-state index in [2.05, 4.69) is 4.98 Å². The Hall–Kier alpha value is -5.18. The molecule has 184 valence electrons. The number of carboxylic acid groups (broad SMARTS) is 1. The van der Waals surface area contributed by atoms with E-state index in [9.17, 15) is 37.9 Å². The van der Waals surface area contributed by atoms with Gasteiger partial charge in [0.2, 0.25) is 0 Å². The highest BCUT2D eigenvalue weighted by molar-refractivity contribution is 5.88. The molecule has 0 unspecified atom stereocenters. The third-order valence-electron chi connectivity index (χ3n) is 5.96. The number of nitrogens with zero attached hydrogens (tertiary/aromatic N) is 4. The van der Waals surface area contributed by atoms with Crippen molar-refractivity contribution in [3.63, 3.8) is 0 Å². The van der Waals surface area contributed by atoms with Crippen molar-refractivity contribution in [3.8, 4) is 11.8 Å². The fourth-order valence-corrected chi connectivity index (χ4v) is 4.19. The first-order valence-corrected chi connectivity index (χ1v) is 10.6. The fourth-order valence-electron chi connectivity index (χ4n) is 4.19. The number of aromatic amines is 1. The van der Waals surface area contributed by atoms with Gasteiger partial charge in [0, 0.05) is 5.22 Å². The molecule has 3 heterocycles. The van der Waals surface area contributed by atoms with E-state index in [4.69, 9.17) is 0 Å². The second-order valence-corrected chi connectivity index (χ2v) is 8.13. The lowest BCUT2D eigenvalue weighted by Gasteiger charge is -2.06. The summed E-state index contributed by atoms with van der Waals surface area (Å²) in [5.41, 5.74) is -3.79. The van der Waals surface area contributed by atoms with E-state index in [1.54, 1.807) is 24.3 Å². The van der Waals surface area contributed by atoms with Crippen molar-refractivity contribution in [2.24, 2.45) is 0 Å². The van der Waals surface area contributed by atoms with Gasteiger partial charge in [0.25, 0.3) is 11.1 Å². The molecule has 2 aromatic carbocycles. The number of halogens is 3. The van der Waals surface area contributed by atoms with Crippen LogP contribution in [-0.4, -0.2) is 30.2 Å². The van der Waals surface area contributed by atoms with Crippen LogP contribution < -0.4 is 16.3 Å². The maximum absolute atomic E-state index is 14.0. The summed E-state index contributed by atoms with van der Waals surface area (Å²) in [6.45, 7) is 1.39. The molecule has 0 saturated heterocycles. The minimum absolute atomic E-state index is 0.0272. The van der Waals surface area contributed by atoms with Crippen molar-refractivity contribution >= 4 is 28.7 Å². The lowest BCUT2D eigenvalue weighted by Crippen LogP contribution is -2.35. The predicted molar refractivity (Wildman–Crippen MR) is 126 cm³/mol. The van der Waals surface area contributed by atoms with Gasteiger partial charge in [-0.3, -0.25) is 19.1 Å². The van der Waals surface area contributed by atoms with Gasteiger partial charge in [0.1, 0.15) is 11.8 Å². The number of H-pyrrole nitrogens is 1. The highest BCUT2D eigenvalue weighted by Gasteiger charge is 2.37. The zero-order chi connectivity index (χ0) is 26.6. The Balaban J connectivity index is 1.89. The van der Waals surface area contributed by atoms with Crippen LogP contribution in [0.3, 0.4) is 0 Å². The molecule has 0 saturated carbocycles. The lowest BCUT2D eigenvalue weighted by molar-refractivity contribution is -0.141. The van der Waals surface area contributed by atoms with Gasteiger partial charge in [-0.05, 0) is 48.9 Å². The molecule has 0 aliphatic heterocycles. The van der Waals surface area contributed by atoms with Crippen molar-refractivity contribution in [3.05, 3.63) is 102 Å². The molecule has 0 amide bonds. The number of hydrogen-bond acceptors (Lipinski definition) is 5. The molecule has 2 N–H and O–H groups in total. The summed E-state index contributed by atoms with van der Waals surface area (Å²) in [5.74, 6) is -1.33. The van der Waals surface area contributed by atoms with Gasteiger partial charge in [-0.15, -0.1) is 0 Å². The van der Waals surface area contributed by atoms with Gasteiger partial charge < -0.3 is 5.11 Å². The molecule has 0 radical (unpaired) electrons. The van der Waals surface area contributed by atoms with E-state index in [1.807, 2.05) is 11.2 Å². The number of nitriles is 1. The van der Waals surface area contributed by atoms with Crippen molar-refractivity contribution in [1.29, 1.82) is 5.26 Å². The number of pyridine rings is 1. The Morgan fingerprint density at radius 3 is 2.54 bits per heavy atom. The van der Waals surface area contributed by atoms with Crippen molar-refractivity contribution in [1.82, 2.24) is 19.2 Å². The summed E-state index contributed by atoms with van der Waals surface area (Å²) >= 11 is 0. The van der Waals surface area contributed by atoms with Gasteiger partial charge in [0.05, 0.1) is 33.4 Å². The first-order chi connectivity index (χ1) is 17.5. The highest BCUT2D eigenvalue weighted by atomic mass is 19.4. The second-order valence-electron chi connectivity index (χ2n) is 8.13. The van der Waals surface area contributed by atoms with Gasteiger partial charge in [0.15, 0.2) is 5.65 Å². The second kappa shape index (κ2) is 8.20. The molecule has 5 aromatic rings. The monoisotopic (exact) mass is 505 g/mol. The number of nitrogens with one attached hydrogen (secondary N) is 1. The quantitative estimate of drug-likeness (QED) is 0.388. The molecule has 0 aliphatic carbocycles. The summed E-state index contributed by atoms with van der Waals surface area (Å²) in [4.78, 5) is 42.3. The number of hydrogen-bond donors (Lipinski definition) is 2. The van der Waals surface area contributed by atoms with Gasteiger partial charge in [-0.25, -0.2) is 14.5 Å². The maximum atomic E-state index is 14.0. The average molecular weight is 505 g/mol. The molecule has 3 aromatic heterocycles. The van der Waals surface area contributed by atoms with Crippen LogP contribution in [0.1, 0.15) is 32.7 Å². The number of para-hydroxylation sites is 2. The van der Waals surface area contributed by atoms with E-state index < -0.39 is 34.5 Å². The van der Waals surface area contributed by atoms with Crippen LogP contribution >= 0.6 is 0 Å². The molecule has 12 heteroatoms. The normalized spacial score (nSPS) is 12.4. The van der Waals surface area contributed by atoms with Crippen LogP contribution in [0.4, 0.5) is 13.2 Å².